The first kappa shape index (κ1) is 23.7. The summed E-state index contributed by atoms with van der Waals surface area (Å²) in [4.78, 5) is 15.3. The van der Waals surface area contributed by atoms with Gasteiger partial charge in [-0.3, -0.25) is 4.79 Å². The number of hydrogen-bond donors (Lipinski definition) is 0. The van der Waals surface area contributed by atoms with Gasteiger partial charge < -0.3 is 9.64 Å². The van der Waals surface area contributed by atoms with Crippen LogP contribution in [-0.4, -0.2) is 56.3 Å². The number of carbonyl (C=O) groups excluding carboxylic acids is 1. The lowest BCUT2D eigenvalue weighted by atomic mass is 10.0. The molecule has 0 aliphatic carbocycles. The van der Waals surface area contributed by atoms with Crippen molar-refractivity contribution in [1.29, 1.82) is 0 Å². The topological polar surface area (TPSA) is 66.9 Å². The predicted molar refractivity (Wildman–Crippen MR) is 124 cm³/mol. The number of benzene rings is 2. The number of amides is 1. The number of hydrogen-bond acceptors (Lipinski definition) is 4. The number of likely N-dealkylation sites (tertiary alicyclic amines) is 1. The van der Waals surface area contributed by atoms with E-state index in [1.54, 1.807) is 23.1 Å². The maximum Gasteiger partial charge on any atom is 0.254 e. The summed E-state index contributed by atoms with van der Waals surface area (Å²) in [6, 6.07) is 11.0. The molecular weight excluding hydrogens is 443 g/mol. The van der Waals surface area contributed by atoms with Crippen LogP contribution < -0.4 is 4.74 Å². The fraction of sp³-hybridized carbons (Fsp3) is 0.480. The largest absolute Gasteiger partial charge is 0.495 e. The Morgan fingerprint density at radius 1 is 1.03 bits per heavy atom. The molecule has 0 spiro atoms. The highest BCUT2D eigenvalue weighted by Crippen LogP contribution is 2.31. The molecule has 2 fully saturated rings. The molecule has 1 unspecified atom stereocenters. The van der Waals surface area contributed by atoms with E-state index in [0.717, 1.165) is 44.1 Å². The van der Waals surface area contributed by atoms with E-state index in [9.17, 15) is 17.6 Å². The number of sulfonamides is 1. The molecule has 2 aliphatic heterocycles. The molecule has 2 aromatic rings. The molecule has 33 heavy (non-hydrogen) atoms. The van der Waals surface area contributed by atoms with Crippen LogP contribution >= 0.6 is 0 Å². The smallest absolute Gasteiger partial charge is 0.254 e. The Balaban J connectivity index is 1.60. The molecule has 8 heteroatoms. The number of halogens is 1. The highest BCUT2D eigenvalue weighted by atomic mass is 32.2. The van der Waals surface area contributed by atoms with Crippen molar-refractivity contribution in [1.82, 2.24) is 9.21 Å². The van der Waals surface area contributed by atoms with Gasteiger partial charge in [0.1, 0.15) is 16.5 Å². The van der Waals surface area contributed by atoms with Gasteiger partial charge >= 0.3 is 0 Å². The highest BCUT2D eigenvalue weighted by Gasteiger charge is 2.33. The summed E-state index contributed by atoms with van der Waals surface area (Å²) in [5, 5.41) is 0. The molecule has 1 amide bonds. The fourth-order valence-corrected chi connectivity index (χ4v) is 6.55. The van der Waals surface area contributed by atoms with Crippen LogP contribution in [0.4, 0.5) is 4.39 Å². The summed E-state index contributed by atoms with van der Waals surface area (Å²) in [6.45, 7) is 1.55. The molecule has 2 saturated heterocycles. The summed E-state index contributed by atoms with van der Waals surface area (Å²) >= 11 is 0. The van der Waals surface area contributed by atoms with Crippen molar-refractivity contribution in [2.45, 2.75) is 55.9 Å². The fourth-order valence-electron chi connectivity index (χ4n) is 4.85. The number of rotatable bonds is 6. The number of ether oxygens (including phenoxy) is 1. The second-order valence-electron chi connectivity index (χ2n) is 8.81. The van der Waals surface area contributed by atoms with Crippen LogP contribution in [0.15, 0.2) is 47.4 Å². The van der Waals surface area contributed by atoms with Gasteiger partial charge in [-0.15, -0.1) is 0 Å². The Hall–Kier alpha value is -2.45. The van der Waals surface area contributed by atoms with E-state index in [2.05, 4.69) is 0 Å². The molecule has 4 rings (SSSR count). The van der Waals surface area contributed by atoms with Gasteiger partial charge in [-0.1, -0.05) is 25.0 Å². The minimum absolute atomic E-state index is 0.0404. The standard InChI is InChI=1S/C25H31FN2O4S/c1-32-23-12-11-20(18-24(23)33(30,31)27-13-4-2-3-5-14-27)25(29)28-15-7-10-22(28)17-19-8-6-9-21(26)16-19/h6,8-9,11-12,16,18,22H,2-5,7,10,13-15,17H2,1H3. The zero-order valence-corrected chi connectivity index (χ0v) is 19.8. The van der Waals surface area contributed by atoms with Crippen molar-refractivity contribution < 1.29 is 22.3 Å². The second-order valence-corrected chi connectivity index (χ2v) is 10.7. The van der Waals surface area contributed by atoms with Crippen molar-refractivity contribution in [2.24, 2.45) is 0 Å². The Morgan fingerprint density at radius 3 is 2.48 bits per heavy atom. The van der Waals surface area contributed by atoms with E-state index >= 15 is 0 Å². The lowest BCUT2D eigenvalue weighted by Crippen LogP contribution is -2.37. The predicted octanol–water partition coefficient (Wildman–Crippen LogP) is 4.25. The summed E-state index contributed by atoms with van der Waals surface area (Å²) in [6.07, 6.45) is 5.95. The first-order chi connectivity index (χ1) is 15.9. The molecule has 0 radical (unpaired) electrons. The van der Waals surface area contributed by atoms with Crippen LogP contribution in [0.2, 0.25) is 0 Å². The third-order valence-corrected chi connectivity index (χ3v) is 8.51. The molecule has 2 heterocycles. The summed E-state index contributed by atoms with van der Waals surface area (Å²) in [5.74, 6) is -0.251. The van der Waals surface area contributed by atoms with Gasteiger partial charge in [-0.25, -0.2) is 12.8 Å². The first-order valence-corrected chi connectivity index (χ1v) is 13.1. The highest BCUT2D eigenvalue weighted by molar-refractivity contribution is 7.89. The molecular formula is C25H31FN2O4S. The van der Waals surface area contributed by atoms with Gasteiger partial charge in [-0.2, -0.15) is 4.31 Å². The van der Waals surface area contributed by atoms with Crippen LogP contribution in [0.3, 0.4) is 0 Å². The molecule has 6 nitrogen and oxygen atoms in total. The van der Waals surface area contributed by atoms with Crippen molar-refractivity contribution in [3.05, 3.63) is 59.4 Å². The average Bonchev–Trinajstić information content (AvgIpc) is 3.08. The zero-order chi connectivity index (χ0) is 23.4. The van der Waals surface area contributed by atoms with E-state index in [0.29, 0.717) is 31.6 Å². The van der Waals surface area contributed by atoms with E-state index in [-0.39, 0.29) is 28.4 Å². The van der Waals surface area contributed by atoms with E-state index in [1.165, 1.54) is 29.6 Å². The monoisotopic (exact) mass is 474 g/mol. The Labute approximate surface area is 195 Å². The minimum Gasteiger partial charge on any atom is -0.495 e. The third-order valence-electron chi connectivity index (χ3n) is 6.59. The minimum atomic E-state index is -3.78. The third kappa shape index (κ3) is 5.22. The molecule has 0 bridgehead atoms. The quantitative estimate of drug-likeness (QED) is 0.628. The SMILES string of the molecule is COc1ccc(C(=O)N2CCCC2Cc2cccc(F)c2)cc1S(=O)(=O)N1CCCCCC1. The molecule has 1 atom stereocenters. The molecule has 0 aromatic heterocycles. The van der Waals surface area contributed by atoms with Crippen LogP contribution in [0.25, 0.3) is 0 Å². The normalized spacial score (nSPS) is 19.9. The number of nitrogens with zero attached hydrogens (tertiary/aromatic N) is 2. The van der Waals surface area contributed by atoms with Gasteiger partial charge in [0.25, 0.3) is 5.91 Å². The van der Waals surface area contributed by atoms with Crippen molar-refractivity contribution in [3.8, 4) is 5.75 Å². The Kier molecular flexibility index (Phi) is 7.34. The molecule has 2 aliphatic rings. The van der Waals surface area contributed by atoms with Crippen LogP contribution in [0.1, 0.15) is 54.4 Å². The van der Waals surface area contributed by atoms with E-state index < -0.39 is 10.0 Å². The maximum absolute atomic E-state index is 13.6. The first-order valence-electron chi connectivity index (χ1n) is 11.6. The summed E-state index contributed by atoms with van der Waals surface area (Å²) < 4.78 is 47.4. The Morgan fingerprint density at radius 2 is 1.79 bits per heavy atom. The van der Waals surface area contributed by atoms with Crippen LogP contribution in [0, 0.1) is 5.82 Å². The maximum atomic E-state index is 13.6. The van der Waals surface area contributed by atoms with E-state index in [1.807, 2.05) is 6.07 Å². The molecule has 178 valence electrons. The van der Waals surface area contributed by atoms with E-state index in [4.69, 9.17) is 4.74 Å². The van der Waals surface area contributed by atoms with Gasteiger partial charge in [0.2, 0.25) is 10.0 Å². The van der Waals surface area contributed by atoms with Crippen molar-refractivity contribution >= 4 is 15.9 Å². The van der Waals surface area contributed by atoms with Gasteiger partial charge in [0.15, 0.2) is 0 Å². The summed E-state index contributed by atoms with van der Waals surface area (Å²) in [5.41, 5.74) is 1.18. The molecule has 0 saturated carbocycles. The zero-order valence-electron chi connectivity index (χ0n) is 19.0. The molecule has 2 aromatic carbocycles. The molecule has 0 N–H and O–H groups in total. The average molecular weight is 475 g/mol. The lowest BCUT2D eigenvalue weighted by molar-refractivity contribution is 0.0736. The van der Waals surface area contributed by atoms with Crippen LogP contribution in [-0.2, 0) is 16.4 Å². The lowest BCUT2D eigenvalue weighted by Gasteiger charge is -2.26. The van der Waals surface area contributed by atoms with Gasteiger partial charge in [-0.05, 0) is 68.0 Å². The van der Waals surface area contributed by atoms with Crippen molar-refractivity contribution in [3.63, 3.8) is 0 Å². The second kappa shape index (κ2) is 10.2. The number of carbonyl (C=O) groups is 1. The van der Waals surface area contributed by atoms with Crippen LogP contribution in [0.5, 0.6) is 5.75 Å². The van der Waals surface area contributed by atoms with Gasteiger partial charge in [0.05, 0.1) is 7.11 Å². The van der Waals surface area contributed by atoms with Gasteiger partial charge in [0, 0.05) is 31.2 Å². The van der Waals surface area contributed by atoms with Crippen molar-refractivity contribution in [2.75, 3.05) is 26.7 Å². The summed E-state index contributed by atoms with van der Waals surface area (Å²) in [7, 11) is -2.34. The Bertz CT molecular complexity index is 1100. The number of methoxy groups -OCH3 is 1.